The quantitative estimate of drug-likeness (QED) is 0.561. The van der Waals surface area contributed by atoms with Gasteiger partial charge in [0.15, 0.2) is 0 Å². The zero-order valence-corrected chi connectivity index (χ0v) is 18.0. The third-order valence-electron chi connectivity index (χ3n) is 4.75. The number of para-hydroxylation sites is 1. The molecule has 0 aliphatic rings. The van der Waals surface area contributed by atoms with Gasteiger partial charge in [0.1, 0.15) is 6.54 Å². The number of carbonyl (C=O) groups excluding carboxylic acids is 1. The third kappa shape index (κ3) is 5.47. The van der Waals surface area contributed by atoms with Crippen LogP contribution in [0.15, 0.2) is 83.8 Å². The number of hydrogen-bond donors (Lipinski definition) is 1. The number of rotatable bonds is 7. The molecule has 0 aromatic heterocycles. The first-order valence-electron chi connectivity index (χ1n) is 9.65. The molecule has 5 nitrogen and oxygen atoms in total. The van der Waals surface area contributed by atoms with Crippen LogP contribution in [0.4, 0.5) is 18.9 Å². The maximum Gasteiger partial charge on any atom is 0.416 e. The summed E-state index contributed by atoms with van der Waals surface area (Å²) in [6.07, 6.45) is -4.49. The number of sulfonamides is 1. The van der Waals surface area contributed by atoms with Crippen molar-refractivity contribution in [2.75, 3.05) is 10.8 Å². The number of hydrogen-bond acceptors (Lipinski definition) is 3. The number of nitrogens with one attached hydrogen (secondary N) is 1. The molecule has 0 fully saturated rings. The summed E-state index contributed by atoms with van der Waals surface area (Å²) in [5.74, 6) is -0.648. The topological polar surface area (TPSA) is 66.5 Å². The Bertz CT molecular complexity index is 1200. The average Bonchev–Trinajstić information content (AvgIpc) is 2.77. The second-order valence-electron chi connectivity index (χ2n) is 7.09. The van der Waals surface area contributed by atoms with Gasteiger partial charge >= 0.3 is 6.18 Å². The lowest BCUT2D eigenvalue weighted by molar-refractivity contribution is -0.137. The van der Waals surface area contributed by atoms with Crippen molar-refractivity contribution in [2.24, 2.45) is 0 Å². The zero-order valence-electron chi connectivity index (χ0n) is 17.1. The van der Waals surface area contributed by atoms with Crippen LogP contribution in [0.5, 0.6) is 0 Å². The summed E-state index contributed by atoms with van der Waals surface area (Å²) in [7, 11) is -4.06. The molecule has 1 N–H and O–H groups in total. The van der Waals surface area contributed by atoms with E-state index in [1.807, 2.05) is 0 Å². The number of anilines is 1. The minimum absolute atomic E-state index is 0.0222. The van der Waals surface area contributed by atoms with E-state index < -0.39 is 34.2 Å². The number of aryl methyl sites for hydroxylation is 1. The molecule has 0 saturated heterocycles. The summed E-state index contributed by atoms with van der Waals surface area (Å²) in [6.45, 7) is 1.03. The van der Waals surface area contributed by atoms with Crippen LogP contribution in [-0.4, -0.2) is 20.9 Å². The molecule has 3 aromatic carbocycles. The number of carbonyl (C=O) groups is 1. The van der Waals surface area contributed by atoms with Crippen molar-refractivity contribution >= 4 is 21.6 Å². The molecular formula is C23H21F3N2O3S. The Morgan fingerprint density at radius 3 is 2.25 bits per heavy atom. The monoisotopic (exact) mass is 462 g/mol. The second-order valence-corrected chi connectivity index (χ2v) is 8.95. The number of nitrogens with zero attached hydrogens (tertiary/aromatic N) is 1. The second kappa shape index (κ2) is 9.44. The average molecular weight is 462 g/mol. The SMILES string of the molecule is Cc1ccccc1N(CC(=O)NCc1cccc(C(F)(F)F)c1)S(=O)(=O)c1ccccc1. The lowest BCUT2D eigenvalue weighted by Gasteiger charge is -2.25. The van der Waals surface area contributed by atoms with Crippen molar-refractivity contribution in [3.8, 4) is 0 Å². The van der Waals surface area contributed by atoms with E-state index >= 15 is 0 Å². The summed E-state index contributed by atoms with van der Waals surface area (Å²) in [5.41, 5.74) is 0.419. The van der Waals surface area contributed by atoms with E-state index in [-0.39, 0.29) is 17.0 Å². The van der Waals surface area contributed by atoms with Crippen LogP contribution in [-0.2, 0) is 27.5 Å². The van der Waals surface area contributed by atoms with Crippen LogP contribution < -0.4 is 9.62 Å². The van der Waals surface area contributed by atoms with Crippen molar-refractivity contribution in [1.29, 1.82) is 0 Å². The van der Waals surface area contributed by atoms with Crippen LogP contribution in [0, 0.1) is 6.92 Å². The molecule has 168 valence electrons. The molecule has 0 heterocycles. The molecule has 9 heteroatoms. The predicted molar refractivity (Wildman–Crippen MR) is 115 cm³/mol. The number of alkyl halides is 3. The summed E-state index contributed by atoms with van der Waals surface area (Å²) >= 11 is 0. The predicted octanol–water partition coefficient (Wildman–Crippen LogP) is 4.53. The van der Waals surface area contributed by atoms with Gasteiger partial charge in [-0.3, -0.25) is 9.10 Å². The fourth-order valence-corrected chi connectivity index (χ4v) is 4.61. The van der Waals surface area contributed by atoms with Gasteiger partial charge in [0.25, 0.3) is 10.0 Å². The molecule has 32 heavy (non-hydrogen) atoms. The summed E-state index contributed by atoms with van der Waals surface area (Å²) in [6, 6.07) is 19.0. The molecule has 0 saturated carbocycles. The van der Waals surface area contributed by atoms with E-state index in [0.29, 0.717) is 11.3 Å². The zero-order chi connectivity index (χ0) is 23.4. The van der Waals surface area contributed by atoms with Crippen LogP contribution >= 0.6 is 0 Å². The molecule has 3 aromatic rings. The fourth-order valence-electron chi connectivity index (χ4n) is 3.11. The van der Waals surface area contributed by atoms with Crippen molar-refractivity contribution in [2.45, 2.75) is 24.5 Å². The van der Waals surface area contributed by atoms with Gasteiger partial charge in [-0.25, -0.2) is 8.42 Å². The van der Waals surface area contributed by atoms with Crippen LogP contribution in [0.25, 0.3) is 0 Å². The minimum atomic E-state index is -4.49. The molecular weight excluding hydrogens is 441 g/mol. The number of halogens is 3. The van der Waals surface area contributed by atoms with Crippen molar-refractivity contribution in [3.05, 3.63) is 95.6 Å². The molecule has 0 bridgehead atoms. The molecule has 0 aliphatic carbocycles. The van der Waals surface area contributed by atoms with E-state index in [9.17, 15) is 26.4 Å². The smallest absolute Gasteiger partial charge is 0.350 e. The largest absolute Gasteiger partial charge is 0.416 e. The van der Waals surface area contributed by atoms with Gasteiger partial charge in [-0.1, -0.05) is 48.5 Å². The van der Waals surface area contributed by atoms with Crippen LogP contribution in [0.2, 0.25) is 0 Å². The summed E-state index contributed by atoms with van der Waals surface area (Å²) in [5, 5.41) is 2.51. The highest BCUT2D eigenvalue weighted by molar-refractivity contribution is 7.92. The minimum Gasteiger partial charge on any atom is -0.350 e. The van der Waals surface area contributed by atoms with Crippen molar-refractivity contribution < 1.29 is 26.4 Å². The van der Waals surface area contributed by atoms with Gasteiger partial charge in [-0.05, 0) is 48.4 Å². The lowest BCUT2D eigenvalue weighted by atomic mass is 10.1. The molecule has 1 amide bonds. The number of benzene rings is 3. The lowest BCUT2D eigenvalue weighted by Crippen LogP contribution is -2.41. The van der Waals surface area contributed by atoms with Crippen molar-refractivity contribution in [3.63, 3.8) is 0 Å². The first-order chi connectivity index (χ1) is 15.1. The van der Waals surface area contributed by atoms with Gasteiger partial charge in [0.05, 0.1) is 16.1 Å². The molecule has 0 spiro atoms. The van der Waals surface area contributed by atoms with Gasteiger partial charge in [-0.15, -0.1) is 0 Å². The van der Waals surface area contributed by atoms with Crippen LogP contribution in [0.1, 0.15) is 16.7 Å². The first-order valence-corrected chi connectivity index (χ1v) is 11.1. The standard InChI is InChI=1S/C23H21F3N2O3S/c1-17-8-5-6-13-21(17)28(32(30,31)20-11-3-2-4-12-20)16-22(29)27-15-18-9-7-10-19(14-18)23(24,25)26/h2-14H,15-16H2,1H3,(H,27,29). The van der Waals surface area contributed by atoms with E-state index in [1.165, 1.54) is 24.3 Å². The highest BCUT2D eigenvalue weighted by atomic mass is 32.2. The third-order valence-corrected chi connectivity index (χ3v) is 6.52. The maximum atomic E-state index is 13.3. The molecule has 0 aliphatic heterocycles. The van der Waals surface area contributed by atoms with E-state index in [4.69, 9.17) is 0 Å². The maximum absolute atomic E-state index is 13.3. The van der Waals surface area contributed by atoms with Crippen LogP contribution in [0.3, 0.4) is 0 Å². The van der Waals surface area contributed by atoms with E-state index in [1.54, 1.807) is 49.4 Å². The molecule has 0 atom stereocenters. The Morgan fingerprint density at radius 1 is 0.938 bits per heavy atom. The summed E-state index contributed by atoms with van der Waals surface area (Å²) < 4.78 is 66.2. The van der Waals surface area contributed by atoms with E-state index in [0.717, 1.165) is 16.4 Å². The first kappa shape index (κ1) is 23.3. The Hall–Kier alpha value is -3.33. The van der Waals surface area contributed by atoms with Gasteiger partial charge in [0, 0.05) is 6.54 Å². The Labute approximate surface area is 184 Å². The summed E-state index contributed by atoms with van der Waals surface area (Å²) in [4.78, 5) is 12.7. The highest BCUT2D eigenvalue weighted by Gasteiger charge is 2.31. The van der Waals surface area contributed by atoms with E-state index in [2.05, 4.69) is 5.32 Å². The normalized spacial score (nSPS) is 11.8. The Balaban J connectivity index is 1.83. The number of amides is 1. The van der Waals surface area contributed by atoms with Gasteiger partial charge < -0.3 is 5.32 Å². The van der Waals surface area contributed by atoms with Gasteiger partial charge in [0.2, 0.25) is 5.91 Å². The molecule has 3 rings (SSSR count). The van der Waals surface area contributed by atoms with Gasteiger partial charge in [-0.2, -0.15) is 13.2 Å². The fraction of sp³-hybridized carbons (Fsp3) is 0.174. The molecule has 0 radical (unpaired) electrons. The molecule has 0 unspecified atom stereocenters. The van der Waals surface area contributed by atoms with Crippen molar-refractivity contribution in [1.82, 2.24) is 5.32 Å². The Kier molecular flexibility index (Phi) is 6.88. The Morgan fingerprint density at radius 2 is 1.59 bits per heavy atom. The highest BCUT2D eigenvalue weighted by Crippen LogP contribution is 2.29.